The summed E-state index contributed by atoms with van der Waals surface area (Å²) in [7, 11) is -3.62. The van der Waals surface area contributed by atoms with E-state index in [0.29, 0.717) is 41.5 Å². The molecule has 0 bridgehead atoms. The van der Waals surface area contributed by atoms with Gasteiger partial charge in [0.15, 0.2) is 0 Å². The number of nitrogens with zero attached hydrogens (tertiary/aromatic N) is 3. The maximum Gasteiger partial charge on any atom is 0.224 e. The zero-order valence-electron chi connectivity index (χ0n) is 18.7. The first-order valence-corrected chi connectivity index (χ1v) is 13.4. The number of carbonyl (C=O) groups excluding carboxylic acids is 1. The highest BCUT2D eigenvalue weighted by molar-refractivity contribution is 7.88. The molecule has 2 heterocycles. The number of imidazole rings is 1. The maximum absolute atomic E-state index is 13.0. The molecule has 2 aromatic carbocycles. The Labute approximate surface area is 209 Å². The molecule has 0 saturated carbocycles. The molecule has 1 fully saturated rings. The van der Waals surface area contributed by atoms with E-state index < -0.39 is 15.9 Å². The SMILES string of the molecule is Cc1nccn1-c1ccc(CNC(=O)[C@H]2CCCN(S(=O)(=O)Cc3ccc(Cl)cc3Cl)C2)cc1. The molecule has 1 aliphatic heterocycles. The van der Waals surface area contributed by atoms with Crippen LogP contribution >= 0.6 is 23.2 Å². The van der Waals surface area contributed by atoms with Crippen molar-refractivity contribution in [3.05, 3.63) is 81.9 Å². The van der Waals surface area contributed by atoms with E-state index in [0.717, 1.165) is 17.1 Å². The molecule has 0 aliphatic carbocycles. The van der Waals surface area contributed by atoms with Gasteiger partial charge in [-0.25, -0.2) is 17.7 Å². The van der Waals surface area contributed by atoms with E-state index in [1.165, 1.54) is 10.4 Å². The number of hydrogen-bond donors (Lipinski definition) is 1. The second kappa shape index (κ2) is 10.5. The van der Waals surface area contributed by atoms with E-state index in [2.05, 4.69) is 10.3 Å². The Morgan fingerprint density at radius 1 is 1.18 bits per heavy atom. The minimum atomic E-state index is -3.62. The van der Waals surface area contributed by atoms with Gasteiger partial charge in [-0.15, -0.1) is 0 Å². The molecule has 10 heteroatoms. The van der Waals surface area contributed by atoms with Gasteiger partial charge in [0.25, 0.3) is 0 Å². The molecule has 3 aromatic rings. The van der Waals surface area contributed by atoms with Crippen LogP contribution in [0.1, 0.15) is 29.8 Å². The number of piperidine rings is 1. The van der Waals surface area contributed by atoms with E-state index in [1.54, 1.807) is 18.3 Å². The highest BCUT2D eigenvalue weighted by Gasteiger charge is 2.32. The average Bonchev–Trinajstić information content (AvgIpc) is 3.25. The lowest BCUT2D eigenvalue weighted by molar-refractivity contribution is -0.126. The lowest BCUT2D eigenvalue weighted by Gasteiger charge is -2.31. The van der Waals surface area contributed by atoms with Gasteiger partial charge in [0.05, 0.1) is 11.7 Å². The van der Waals surface area contributed by atoms with Crippen molar-refractivity contribution in [3.63, 3.8) is 0 Å². The minimum Gasteiger partial charge on any atom is -0.352 e. The number of carbonyl (C=O) groups is 1. The molecule has 7 nitrogen and oxygen atoms in total. The van der Waals surface area contributed by atoms with Crippen LogP contribution < -0.4 is 5.32 Å². The summed E-state index contributed by atoms with van der Waals surface area (Å²) in [6.07, 6.45) is 4.93. The van der Waals surface area contributed by atoms with Crippen LogP contribution in [0.2, 0.25) is 10.0 Å². The van der Waals surface area contributed by atoms with E-state index >= 15 is 0 Å². The Hall–Kier alpha value is -2.39. The summed E-state index contributed by atoms with van der Waals surface area (Å²) < 4.78 is 29.4. The number of sulfonamides is 1. The Morgan fingerprint density at radius 2 is 1.94 bits per heavy atom. The van der Waals surface area contributed by atoms with Crippen molar-refractivity contribution >= 4 is 39.1 Å². The van der Waals surface area contributed by atoms with Gasteiger partial charge in [-0.2, -0.15) is 0 Å². The summed E-state index contributed by atoms with van der Waals surface area (Å²) in [5.74, 6) is 0.146. The standard InChI is InChI=1S/C24H26Cl2N4O3S/c1-17-27-10-12-30(17)22-8-4-18(5-9-22)14-28-24(31)19-3-2-11-29(15-19)34(32,33)16-20-6-7-21(25)13-23(20)26/h4-10,12-13,19H,2-3,11,14-16H2,1H3,(H,28,31)/t19-/m0/s1. The molecule has 1 N–H and O–H groups in total. The van der Waals surface area contributed by atoms with Gasteiger partial charge in [0.2, 0.25) is 15.9 Å². The number of halogens is 2. The van der Waals surface area contributed by atoms with Gasteiger partial charge in [-0.1, -0.05) is 41.4 Å². The van der Waals surface area contributed by atoms with Crippen LogP contribution in [0.3, 0.4) is 0 Å². The molecule has 1 aliphatic rings. The Kier molecular flexibility index (Phi) is 7.62. The quantitative estimate of drug-likeness (QED) is 0.501. The van der Waals surface area contributed by atoms with Crippen LogP contribution in [0, 0.1) is 12.8 Å². The van der Waals surface area contributed by atoms with Crippen LogP contribution in [0.5, 0.6) is 0 Å². The molecule has 1 aromatic heterocycles. The number of aromatic nitrogens is 2. The number of amides is 1. The van der Waals surface area contributed by atoms with Crippen molar-refractivity contribution in [1.82, 2.24) is 19.2 Å². The monoisotopic (exact) mass is 520 g/mol. The van der Waals surface area contributed by atoms with Gasteiger partial charge in [0.1, 0.15) is 5.82 Å². The molecule has 0 spiro atoms. The Morgan fingerprint density at radius 3 is 2.62 bits per heavy atom. The van der Waals surface area contributed by atoms with Crippen LogP contribution in [0.15, 0.2) is 54.9 Å². The first-order chi connectivity index (χ1) is 16.2. The summed E-state index contributed by atoms with van der Waals surface area (Å²) in [5, 5.41) is 3.72. The minimum absolute atomic E-state index is 0.140. The average molecular weight is 521 g/mol. The number of aryl methyl sites for hydroxylation is 1. The predicted molar refractivity (Wildman–Crippen MR) is 134 cm³/mol. The van der Waals surface area contributed by atoms with Crippen LogP contribution in [-0.4, -0.2) is 41.3 Å². The largest absolute Gasteiger partial charge is 0.352 e. The third-order valence-electron chi connectivity index (χ3n) is 6.01. The third kappa shape index (κ3) is 5.81. The molecule has 180 valence electrons. The summed E-state index contributed by atoms with van der Waals surface area (Å²) in [5.41, 5.74) is 2.46. The van der Waals surface area contributed by atoms with Gasteiger partial charge in [0, 0.05) is 47.8 Å². The van der Waals surface area contributed by atoms with Crippen LogP contribution in [0.4, 0.5) is 0 Å². The van der Waals surface area contributed by atoms with E-state index in [9.17, 15) is 13.2 Å². The lowest BCUT2D eigenvalue weighted by atomic mass is 9.99. The fourth-order valence-corrected chi connectivity index (χ4v) is 6.29. The van der Waals surface area contributed by atoms with Gasteiger partial charge < -0.3 is 9.88 Å². The third-order valence-corrected chi connectivity index (χ3v) is 8.39. The molecule has 1 amide bonds. The second-order valence-corrected chi connectivity index (χ2v) is 11.2. The lowest BCUT2D eigenvalue weighted by Crippen LogP contribution is -2.45. The van der Waals surface area contributed by atoms with Gasteiger partial charge >= 0.3 is 0 Å². The smallest absolute Gasteiger partial charge is 0.224 e. The Balaban J connectivity index is 1.34. The van der Waals surface area contributed by atoms with Crippen molar-refractivity contribution in [2.45, 2.75) is 32.1 Å². The Bertz CT molecular complexity index is 1280. The highest BCUT2D eigenvalue weighted by atomic mass is 35.5. The molecule has 34 heavy (non-hydrogen) atoms. The molecule has 0 unspecified atom stereocenters. The number of benzene rings is 2. The maximum atomic E-state index is 13.0. The fourth-order valence-electron chi connectivity index (χ4n) is 4.09. The van der Waals surface area contributed by atoms with Gasteiger partial charge in [-0.3, -0.25) is 4.79 Å². The first-order valence-electron chi connectivity index (χ1n) is 11.0. The molecule has 1 atom stereocenters. The molecule has 4 rings (SSSR count). The van der Waals surface area contributed by atoms with Crippen molar-refractivity contribution in [2.24, 2.45) is 5.92 Å². The number of hydrogen-bond acceptors (Lipinski definition) is 4. The zero-order valence-corrected chi connectivity index (χ0v) is 21.1. The zero-order chi connectivity index (χ0) is 24.3. The van der Waals surface area contributed by atoms with Gasteiger partial charge in [-0.05, 0) is 55.2 Å². The van der Waals surface area contributed by atoms with Crippen molar-refractivity contribution < 1.29 is 13.2 Å². The predicted octanol–water partition coefficient (Wildman–Crippen LogP) is 4.35. The summed E-state index contributed by atoms with van der Waals surface area (Å²) in [6.45, 7) is 2.88. The summed E-state index contributed by atoms with van der Waals surface area (Å²) in [6, 6.07) is 12.7. The van der Waals surface area contributed by atoms with Crippen molar-refractivity contribution in [3.8, 4) is 5.69 Å². The van der Waals surface area contributed by atoms with Crippen LogP contribution in [0.25, 0.3) is 5.69 Å². The normalized spacial score (nSPS) is 17.0. The van der Waals surface area contributed by atoms with E-state index in [4.69, 9.17) is 23.2 Å². The molecular formula is C24H26Cl2N4O3S. The number of nitrogens with one attached hydrogen (secondary N) is 1. The molecule has 1 saturated heterocycles. The topological polar surface area (TPSA) is 84.3 Å². The van der Waals surface area contributed by atoms with Crippen molar-refractivity contribution in [2.75, 3.05) is 13.1 Å². The van der Waals surface area contributed by atoms with E-state index in [1.807, 2.05) is 42.0 Å². The van der Waals surface area contributed by atoms with E-state index in [-0.39, 0.29) is 18.2 Å². The fraction of sp³-hybridized carbons (Fsp3) is 0.333. The second-order valence-electron chi connectivity index (χ2n) is 8.42. The molecule has 0 radical (unpaired) electrons. The highest BCUT2D eigenvalue weighted by Crippen LogP contribution is 2.26. The van der Waals surface area contributed by atoms with Crippen molar-refractivity contribution in [1.29, 1.82) is 0 Å². The molecular weight excluding hydrogens is 495 g/mol. The number of rotatable bonds is 7. The van der Waals surface area contributed by atoms with Crippen LogP contribution in [-0.2, 0) is 27.1 Å². The summed E-state index contributed by atoms with van der Waals surface area (Å²) >= 11 is 12.1. The first kappa shape index (κ1) is 24.7. The summed E-state index contributed by atoms with van der Waals surface area (Å²) in [4.78, 5) is 17.0.